The summed E-state index contributed by atoms with van der Waals surface area (Å²) >= 11 is 0. The van der Waals surface area contributed by atoms with Crippen LogP contribution in [0.1, 0.15) is 25.3 Å². The Morgan fingerprint density at radius 1 is 0.929 bits per heavy atom. The van der Waals surface area contributed by atoms with Crippen LogP contribution in [0.5, 0.6) is 23.0 Å². The Labute approximate surface area is 166 Å². The largest absolute Gasteiger partial charge is 0.493 e. The molecule has 1 amide bonds. The molecule has 0 fully saturated rings. The highest BCUT2D eigenvalue weighted by Crippen LogP contribution is 2.30. The van der Waals surface area contributed by atoms with Crippen LogP contribution < -0.4 is 24.3 Å². The molecule has 2 aromatic rings. The maximum absolute atomic E-state index is 12.2. The molecule has 0 heterocycles. The maximum Gasteiger partial charge on any atom is 0.248 e. The van der Waals surface area contributed by atoms with Crippen molar-refractivity contribution in [1.29, 1.82) is 0 Å². The lowest BCUT2D eigenvalue weighted by Crippen LogP contribution is -2.08. The molecule has 150 valence electrons. The number of anilines is 1. The van der Waals surface area contributed by atoms with Crippen molar-refractivity contribution in [2.75, 3.05) is 33.3 Å². The van der Waals surface area contributed by atoms with Crippen LogP contribution in [0.15, 0.2) is 42.5 Å². The molecule has 0 unspecified atom stereocenters. The van der Waals surface area contributed by atoms with Gasteiger partial charge < -0.3 is 24.3 Å². The van der Waals surface area contributed by atoms with Crippen molar-refractivity contribution < 1.29 is 23.7 Å². The van der Waals surface area contributed by atoms with Crippen molar-refractivity contribution >= 4 is 17.7 Å². The van der Waals surface area contributed by atoms with E-state index in [2.05, 4.69) is 12.2 Å². The highest BCUT2D eigenvalue weighted by atomic mass is 16.5. The van der Waals surface area contributed by atoms with E-state index in [0.29, 0.717) is 35.3 Å². The van der Waals surface area contributed by atoms with Crippen molar-refractivity contribution in [1.82, 2.24) is 0 Å². The molecular weight excluding hydrogens is 358 g/mol. The normalized spacial score (nSPS) is 10.6. The van der Waals surface area contributed by atoms with Gasteiger partial charge in [0.2, 0.25) is 5.91 Å². The SMILES string of the molecule is CCCCOc1ccc(/C=C/C(=O)Nc2ccc(OC)c(OC)c2)cc1OC. The second-order valence-corrected chi connectivity index (χ2v) is 6.00. The van der Waals surface area contributed by atoms with Crippen molar-refractivity contribution in [2.24, 2.45) is 0 Å². The fourth-order valence-electron chi connectivity index (χ4n) is 2.50. The molecule has 28 heavy (non-hydrogen) atoms. The highest BCUT2D eigenvalue weighted by Gasteiger charge is 2.07. The molecule has 0 spiro atoms. The summed E-state index contributed by atoms with van der Waals surface area (Å²) in [5.41, 5.74) is 1.45. The molecule has 0 atom stereocenters. The third-order valence-corrected chi connectivity index (χ3v) is 4.02. The van der Waals surface area contributed by atoms with Crippen molar-refractivity contribution in [2.45, 2.75) is 19.8 Å². The minimum Gasteiger partial charge on any atom is -0.493 e. The lowest BCUT2D eigenvalue weighted by Gasteiger charge is -2.11. The molecule has 2 aromatic carbocycles. The Bertz CT molecular complexity index is 817. The summed E-state index contributed by atoms with van der Waals surface area (Å²) in [5.74, 6) is 2.23. The molecule has 6 nitrogen and oxygen atoms in total. The minimum atomic E-state index is -0.255. The van der Waals surface area contributed by atoms with Gasteiger partial charge in [0.25, 0.3) is 0 Å². The van der Waals surface area contributed by atoms with E-state index in [1.165, 1.54) is 6.08 Å². The number of benzene rings is 2. The van der Waals surface area contributed by atoms with Gasteiger partial charge in [0.05, 0.1) is 27.9 Å². The van der Waals surface area contributed by atoms with E-state index in [1.807, 2.05) is 18.2 Å². The smallest absolute Gasteiger partial charge is 0.248 e. The fraction of sp³-hybridized carbons (Fsp3) is 0.318. The van der Waals surface area contributed by atoms with Gasteiger partial charge in [0.1, 0.15) is 0 Å². The molecule has 0 bridgehead atoms. The molecule has 1 N–H and O–H groups in total. The Morgan fingerprint density at radius 3 is 2.29 bits per heavy atom. The van der Waals surface area contributed by atoms with Crippen LogP contribution in [0.3, 0.4) is 0 Å². The zero-order valence-electron chi connectivity index (χ0n) is 16.8. The van der Waals surface area contributed by atoms with Gasteiger partial charge in [0, 0.05) is 17.8 Å². The van der Waals surface area contributed by atoms with E-state index in [4.69, 9.17) is 18.9 Å². The summed E-state index contributed by atoms with van der Waals surface area (Å²) in [7, 11) is 4.71. The number of hydrogen-bond acceptors (Lipinski definition) is 5. The molecule has 0 radical (unpaired) electrons. The fourth-order valence-corrected chi connectivity index (χ4v) is 2.50. The molecule has 0 saturated carbocycles. The number of carbonyl (C=O) groups is 1. The van der Waals surface area contributed by atoms with Gasteiger partial charge in [-0.1, -0.05) is 19.4 Å². The van der Waals surface area contributed by atoms with Gasteiger partial charge in [-0.15, -0.1) is 0 Å². The summed E-state index contributed by atoms with van der Waals surface area (Å²) in [5, 5.41) is 2.80. The Morgan fingerprint density at radius 2 is 1.61 bits per heavy atom. The summed E-state index contributed by atoms with van der Waals surface area (Å²) in [6, 6.07) is 10.8. The molecule has 0 aliphatic rings. The molecule has 0 aromatic heterocycles. The average Bonchev–Trinajstić information content (AvgIpc) is 2.72. The van der Waals surface area contributed by atoms with E-state index < -0.39 is 0 Å². The van der Waals surface area contributed by atoms with Crippen LogP contribution in [0.25, 0.3) is 6.08 Å². The predicted octanol–water partition coefficient (Wildman–Crippen LogP) is 4.54. The number of nitrogens with one attached hydrogen (secondary N) is 1. The Hall–Kier alpha value is -3.15. The third kappa shape index (κ3) is 5.94. The zero-order chi connectivity index (χ0) is 20.4. The standard InChI is InChI=1S/C22H27NO5/c1-5-6-13-28-19-10-7-16(14-20(19)26-3)8-12-22(24)23-17-9-11-18(25-2)21(15-17)27-4/h7-12,14-15H,5-6,13H2,1-4H3,(H,23,24)/b12-8+. The predicted molar refractivity (Wildman–Crippen MR) is 111 cm³/mol. The molecule has 0 aliphatic heterocycles. The summed E-state index contributed by atoms with van der Waals surface area (Å²) in [6.07, 6.45) is 5.23. The van der Waals surface area contributed by atoms with Crippen LogP contribution in [0.4, 0.5) is 5.69 Å². The van der Waals surface area contributed by atoms with Crippen molar-refractivity contribution in [3.8, 4) is 23.0 Å². The number of ether oxygens (including phenoxy) is 4. The van der Waals surface area contributed by atoms with Gasteiger partial charge >= 0.3 is 0 Å². The Balaban J connectivity index is 2.03. The van der Waals surface area contributed by atoms with Gasteiger partial charge in [-0.3, -0.25) is 4.79 Å². The second kappa shape index (κ2) is 10.9. The summed E-state index contributed by atoms with van der Waals surface area (Å²) in [6.45, 7) is 2.76. The zero-order valence-corrected chi connectivity index (χ0v) is 16.8. The first kappa shape index (κ1) is 21.2. The van der Waals surface area contributed by atoms with Crippen molar-refractivity contribution in [3.05, 3.63) is 48.0 Å². The van der Waals surface area contributed by atoms with E-state index in [0.717, 1.165) is 18.4 Å². The molecule has 2 rings (SSSR count). The molecule has 0 saturated heterocycles. The first-order chi connectivity index (χ1) is 13.6. The van der Waals surface area contributed by atoms with E-state index in [1.54, 1.807) is 45.6 Å². The number of rotatable bonds is 10. The minimum absolute atomic E-state index is 0.255. The van der Waals surface area contributed by atoms with Crippen LogP contribution in [0.2, 0.25) is 0 Å². The maximum atomic E-state index is 12.2. The van der Waals surface area contributed by atoms with E-state index in [-0.39, 0.29) is 5.91 Å². The van der Waals surface area contributed by atoms with Crippen LogP contribution in [0, 0.1) is 0 Å². The number of unbranched alkanes of at least 4 members (excludes halogenated alkanes) is 1. The van der Waals surface area contributed by atoms with Gasteiger partial charge in [-0.2, -0.15) is 0 Å². The first-order valence-electron chi connectivity index (χ1n) is 9.13. The molecule has 6 heteroatoms. The molecular formula is C22H27NO5. The van der Waals surface area contributed by atoms with Gasteiger partial charge in [-0.05, 0) is 42.3 Å². The highest BCUT2D eigenvalue weighted by molar-refractivity contribution is 6.02. The van der Waals surface area contributed by atoms with E-state index in [9.17, 15) is 4.79 Å². The quantitative estimate of drug-likeness (QED) is 0.480. The van der Waals surface area contributed by atoms with Crippen LogP contribution in [-0.2, 0) is 4.79 Å². The van der Waals surface area contributed by atoms with Crippen LogP contribution >= 0.6 is 0 Å². The van der Waals surface area contributed by atoms with E-state index >= 15 is 0 Å². The summed E-state index contributed by atoms with van der Waals surface area (Å²) < 4.78 is 21.5. The van der Waals surface area contributed by atoms with Gasteiger partial charge in [0.15, 0.2) is 23.0 Å². The molecule has 0 aliphatic carbocycles. The first-order valence-corrected chi connectivity index (χ1v) is 9.13. The number of carbonyl (C=O) groups excluding carboxylic acids is 1. The number of amides is 1. The van der Waals surface area contributed by atoms with Gasteiger partial charge in [-0.25, -0.2) is 0 Å². The van der Waals surface area contributed by atoms with Crippen LogP contribution in [-0.4, -0.2) is 33.8 Å². The monoisotopic (exact) mass is 385 g/mol. The van der Waals surface area contributed by atoms with Crippen molar-refractivity contribution in [3.63, 3.8) is 0 Å². The number of hydrogen-bond donors (Lipinski definition) is 1. The topological polar surface area (TPSA) is 66.0 Å². The number of methoxy groups -OCH3 is 3. The second-order valence-electron chi connectivity index (χ2n) is 6.00. The third-order valence-electron chi connectivity index (χ3n) is 4.02. The average molecular weight is 385 g/mol. The lowest BCUT2D eigenvalue weighted by atomic mass is 10.2. The summed E-state index contributed by atoms with van der Waals surface area (Å²) in [4.78, 5) is 12.2. The Kier molecular flexibility index (Phi) is 8.21. The lowest BCUT2D eigenvalue weighted by molar-refractivity contribution is -0.111.